The van der Waals surface area contributed by atoms with Gasteiger partial charge in [-0.2, -0.15) is 0 Å². The molecular formula is C14H10BrF2NO. The molecule has 0 atom stereocenters. The van der Waals surface area contributed by atoms with E-state index in [2.05, 4.69) is 21.2 Å². The van der Waals surface area contributed by atoms with E-state index in [1.165, 1.54) is 36.4 Å². The Morgan fingerprint density at radius 3 is 2.58 bits per heavy atom. The van der Waals surface area contributed by atoms with Gasteiger partial charge in [0, 0.05) is 5.69 Å². The molecule has 98 valence electrons. The largest absolute Gasteiger partial charge is 0.322 e. The zero-order valence-electron chi connectivity index (χ0n) is 10.0. The average molecular weight is 326 g/mol. The third-order valence-electron chi connectivity index (χ3n) is 2.61. The molecule has 0 unspecified atom stereocenters. The SMILES string of the molecule is Cc1cc(NC(=O)c2cccc(F)c2Br)ccc1F. The van der Waals surface area contributed by atoms with E-state index in [0.717, 1.165) is 0 Å². The molecule has 1 amide bonds. The fraction of sp³-hybridized carbons (Fsp3) is 0.0714. The van der Waals surface area contributed by atoms with Gasteiger partial charge in [0.1, 0.15) is 11.6 Å². The van der Waals surface area contributed by atoms with Gasteiger partial charge in [0.05, 0.1) is 10.0 Å². The zero-order chi connectivity index (χ0) is 14.0. The van der Waals surface area contributed by atoms with Crippen molar-refractivity contribution in [3.05, 3.63) is 63.6 Å². The van der Waals surface area contributed by atoms with Gasteiger partial charge in [0.15, 0.2) is 0 Å². The molecule has 0 saturated heterocycles. The summed E-state index contributed by atoms with van der Waals surface area (Å²) in [6, 6.07) is 8.44. The maximum absolute atomic E-state index is 13.3. The lowest BCUT2D eigenvalue weighted by atomic mass is 10.2. The van der Waals surface area contributed by atoms with Crippen molar-refractivity contribution in [2.75, 3.05) is 5.32 Å². The number of carbonyl (C=O) groups is 1. The summed E-state index contributed by atoms with van der Waals surface area (Å²) in [5.41, 5.74) is 1.07. The number of anilines is 1. The lowest BCUT2D eigenvalue weighted by Gasteiger charge is -2.08. The monoisotopic (exact) mass is 325 g/mol. The van der Waals surface area contributed by atoms with E-state index in [-0.39, 0.29) is 15.9 Å². The lowest BCUT2D eigenvalue weighted by Crippen LogP contribution is -2.13. The first kappa shape index (κ1) is 13.7. The highest BCUT2D eigenvalue weighted by atomic mass is 79.9. The zero-order valence-corrected chi connectivity index (χ0v) is 11.6. The Balaban J connectivity index is 2.26. The van der Waals surface area contributed by atoms with Crippen molar-refractivity contribution in [2.24, 2.45) is 0 Å². The first-order valence-corrected chi connectivity index (χ1v) is 6.30. The molecule has 0 bridgehead atoms. The second kappa shape index (κ2) is 5.48. The molecule has 0 fully saturated rings. The Hall–Kier alpha value is -1.75. The van der Waals surface area contributed by atoms with Gasteiger partial charge >= 0.3 is 0 Å². The Bertz CT molecular complexity index is 643. The summed E-state index contributed by atoms with van der Waals surface area (Å²) in [4.78, 5) is 12.0. The fourth-order valence-corrected chi connectivity index (χ4v) is 2.04. The second-order valence-corrected chi connectivity index (χ2v) is 4.81. The number of nitrogens with one attached hydrogen (secondary N) is 1. The molecule has 0 aromatic heterocycles. The van der Waals surface area contributed by atoms with Crippen LogP contribution in [0.2, 0.25) is 0 Å². The van der Waals surface area contributed by atoms with E-state index < -0.39 is 11.7 Å². The number of hydrogen-bond acceptors (Lipinski definition) is 1. The summed E-state index contributed by atoms with van der Waals surface area (Å²) in [5.74, 6) is -1.31. The summed E-state index contributed by atoms with van der Waals surface area (Å²) < 4.78 is 26.5. The minimum atomic E-state index is -0.511. The van der Waals surface area contributed by atoms with Crippen molar-refractivity contribution < 1.29 is 13.6 Å². The minimum Gasteiger partial charge on any atom is -0.322 e. The van der Waals surface area contributed by atoms with E-state index in [1.807, 2.05) is 0 Å². The van der Waals surface area contributed by atoms with Crippen LogP contribution in [-0.2, 0) is 0 Å². The average Bonchev–Trinajstić information content (AvgIpc) is 2.37. The van der Waals surface area contributed by atoms with E-state index in [0.29, 0.717) is 11.3 Å². The second-order valence-electron chi connectivity index (χ2n) is 4.02. The van der Waals surface area contributed by atoms with Crippen LogP contribution in [0.5, 0.6) is 0 Å². The van der Waals surface area contributed by atoms with Crippen LogP contribution in [0.15, 0.2) is 40.9 Å². The van der Waals surface area contributed by atoms with Gasteiger partial charge in [-0.05, 0) is 58.7 Å². The summed E-state index contributed by atoms with van der Waals surface area (Å²) in [6.07, 6.45) is 0. The van der Waals surface area contributed by atoms with E-state index >= 15 is 0 Å². The van der Waals surface area contributed by atoms with E-state index in [4.69, 9.17) is 0 Å². The number of benzene rings is 2. The molecule has 0 radical (unpaired) electrons. The van der Waals surface area contributed by atoms with Crippen LogP contribution in [-0.4, -0.2) is 5.91 Å². The Kier molecular flexibility index (Phi) is 3.95. The summed E-state index contributed by atoms with van der Waals surface area (Å²) in [6.45, 7) is 1.60. The number of aryl methyl sites for hydroxylation is 1. The van der Waals surface area contributed by atoms with Gasteiger partial charge in [-0.15, -0.1) is 0 Å². The number of amides is 1. The van der Waals surface area contributed by atoms with Gasteiger partial charge in [0.25, 0.3) is 5.91 Å². The number of rotatable bonds is 2. The lowest BCUT2D eigenvalue weighted by molar-refractivity contribution is 0.102. The molecule has 0 aliphatic heterocycles. The van der Waals surface area contributed by atoms with Crippen molar-refractivity contribution in [3.63, 3.8) is 0 Å². The maximum atomic E-state index is 13.3. The molecule has 19 heavy (non-hydrogen) atoms. The van der Waals surface area contributed by atoms with Crippen LogP contribution in [0, 0.1) is 18.6 Å². The van der Waals surface area contributed by atoms with Gasteiger partial charge in [-0.3, -0.25) is 4.79 Å². The van der Waals surface area contributed by atoms with E-state index in [9.17, 15) is 13.6 Å². The topological polar surface area (TPSA) is 29.1 Å². The summed E-state index contributed by atoms with van der Waals surface area (Å²) in [7, 11) is 0. The van der Waals surface area contributed by atoms with Crippen molar-refractivity contribution in [2.45, 2.75) is 6.92 Å². The third kappa shape index (κ3) is 2.98. The van der Waals surface area contributed by atoms with Crippen LogP contribution < -0.4 is 5.32 Å². The molecule has 0 aliphatic carbocycles. The first-order valence-electron chi connectivity index (χ1n) is 5.50. The third-order valence-corrected chi connectivity index (χ3v) is 3.42. The molecule has 0 aliphatic rings. The standard InChI is InChI=1S/C14H10BrF2NO/c1-8-7-9(5-6-11(8)16)18-14(19)10-3-2-4-12(17)13(10)15/h2-7H,1H3,(H,18,19). The van der Waals surface area contributed by atoms with Crippen molar-refractivity contribution >= 4 is 27.5 Å². The highest BCUT2D eigenvalue weighted by Gasteiger charge is 2.13. The highest BCUT2D eigenvalue weighted by Crippen LogP contribution is 2.22. The molecule has 0 spiro atoms. The quantitative estimate of drug-likeness (QED) is 0.876. The number of carbonyl (C=O) groups excluding carboxylic acids is 1. The van der Waals surface area contributed by atoms with Crippen LogP contribution in [0.4, 0.5) is 14.5 Å². The Labute approximate surface area is 117 Å². The number of halogens is 3. The van der Waals surface area contributed by atoms with Crippen molar-refractivity contribution in [3.8, 4) is 0 Å². The minimum absolute atomic E-state index is 0.103. The van der Waals surface area contributed by atoms with Crippen LogP contribution in [0.25, 0.3) is 0 Å². The van der Waals surface area contributed by atoms with Gasteiger partial charge < -0.3 is 5.32 Å². The molecule has 0 heterocycles. The maximum Gasteiger partial charge on any atom is 0.256 e. The number of hydrogen-bond donors (Lipinski definition) is 1. The van der Waals surface area contributed by atoms with E-state index in [1.54, 1.807) is 6.92 Å². The molecule has 2 rings (SSSR count). The molecule has 5 heteroatoms. The van der Waals surface area contributed by atoms with Crippen molar-refractivity contribution in [1.82, 2.24) is 0 Å². The smallest absolute Gasteiger partial charge is 0.256 e. The molecular weight excluding hydrogens is 316 g/mol. The molecule has 2 aromatic rings. The molecule has 2 aromatic carbocycles. The Morgan fingerprint density at radius 1 is 1.16 bits per heavy atom. The van der Waals surface area contributed by atoms with Gasteiger partial charge in [-0.1, -0.05) is 6.07 Å². The highest BCUT2D eigenvalue weighted by molar-refractivity contribution is 9.10. The summed E-state index contributed by atoms with van der Waals surface area (Å²) >= 11 is 3.02. The molecule has 2 nitrogen and oxygen atoms in total. The van der Waals surface area contributed by atoms with Crippen LogP contribution in [0.3, 0.4) is 0 Å². The fourth-order valence-electron chi connectivity index (χ4n) is 1.60. The Morgan fingerprint density at radius 2 is 1.89 bits per heavy atom. The molecule has 1 N–H and O–H groups in total. The normalized spacial score (nSPS) is 10.3. The summed E-state index contributed by atoms with van der Waals surface area (Å²) in [5, 5.41) is 2.59. The van der Waals surface area contributed by atoms with Crippen LogP contribution >= 0.6 is 15.9 Å². The predicted molar refractivity (Wildman–Crippen MR) is 73.2 cm³/mol. The van der Waals surface area contributed by atoms with Crippen molar-refractivity contribution in [1.29, 1.82) is 0 Å². The predicted octanol–water partition coefficient (Wildman–Crippen LogP) is 4.29. The molecule has 0 saturated carbocycles. The van der Waals surface area contributed by atoms with Gasteiger partial charge in [-0.25, -0.2) is 8.78 Å². The first-order chi connectivity index (χ1) is 8.99. The van der Waals surface area contributed by atoms with Crippen LogP contribution in [0.1, 0.15) is 15.9 Å². The van der Waals surface area contributed by atoms with Gasteiger partial charge in [0.2, 0.25) is 0 Å².